The van der Waals surface area contributed by atoms with Crippen molar-refractivity contribution < 1.29 is 22.7 Å². The molecule has 0 saturated carbocycles. The van der Waals surface area contributed by atoms with Crippen LogP contribution in [0, 0.1) is 17.5 Å². The summed E-state index contributed by atoms with van der Waals surface area (Å²) in [5, 5.41) is 2.33. The van der Waals surface area contributed by atoms with Crippen LogP contribution in [-0.2, 0) is 4.79 Å². The maximum atomic E-state index is 12.9. The van der Waals surface area contributed by atoms with Crippen LogP contribution < -0.4 is 10.1 Å². The lowest BCUT2D eigenvalue weighted by Crippen LogP contribution is -2.20. The minimum Gasteiger partial charge on any atom is -0.484 e. The summed E-state index contributed by atoms with van der Waals surface area (Å²) >= 11 is 0. The number of hydrogen-bond acceptors (Lipinski definition) is 2. The van der Waals surface area contributed by atoms with E-state index in [0.717, 1.165) is 18.2 Å². The van der Waals surface area contributed by atoms with Crippen LogP contribution in [0.15, 0.2) is 42.5 Å². The molecule has 2 aromatic rings. The predicted molar refractivity (Wildman–Crippen MR) is 66.9 cm³/mol. The summed E-state index contributed by atoms with van der Waals surface area (Å²) in [7, 11) is 0. The first-order valence-electron chi connectivity index (χ1n) is 5.68. The van der Waals surface area contributed by atoms with Gasteiger partial charge in [-0.2, -0.15) is 0 Å². The summed E-state index contributed by atoms with van der Waals surface area (Å²) in [5.74, 6) is -2.91. The monoisotopic (exact) mass is 281 g/mol. The van der Waals surface area contributed by atoms with Gasteiger partial charge in [0.2, 0.25) is 0 Å². The van der Waals surface area contributed by atoms with Crippen molar-refractivity contribution in [2.75, 3.05) is 11.9 Å². The number of hydrogen-bond donors (Lipinski definition) is 1. The van der Waals surface area contributed by atoms with Crippen molar-refractivity contribution in [1.29, 1.82) is 0 Å². The molecule has 0 aliphatic rings. The van der Waals surface area contributed by atoms with E-state index in [0.29, 0.717) is 0 Å². The van der Waals surface area contributed by atoms with Gasteiger partial charge < -0.3 is 10.1 Å². The number of carbonyl (C=O) groups is 1. The Morgan fingerprint density at radius 2 is 1.85 bits per heavy atom. The highest BCUT2D eigenvalue weighted by Gasteiger charge is 2.07. The van der Waals surface area contributed by atoms with Crippen LogP contribution in [0.5, 0.6) is 5.75 Å². The molecule has 3 nitrogen and oxygen atoms in total. The molecule has 0 radical (unpaired) electrons. The fraction of sp³-hybridized carbons (Fsp3) is 0.0714. The molecular formula is C14H10F3NO2. The molecule has 6 heteroatoms. The van der Waals surface area contributed by atoms with E-state index in [9.17, 15) is 18.0 Å². The van der Waals surface area contributed by atoms with E-state index in [1.54, 1.807) is 0 Å². The van der Waals surface area contributed by atoms with Gasteiger partial charge in [0, 0.05) is 17.8 Å². The van der Waals surface area contributed by atoms with E-state index in [1.807, 2.05) is 0 Å². The predicted octanol–water partition coefficient (Wildman–Crippen LogP) is 3.12. The van der Waals surface area contributed by atoms with Gasteiger partial charge in [-0.05, 0) is 24.3 Å². The highest BCUT2D eigenvalue weighted by molar-refractivity contribution is 5.91. The van der Waals surface area contributed by atoms with Crippen molar-refractivity contribution in [3.63, 3.8) is 0 Å². The second kappa shape index (κ2) is 6.10. The molecule has 2 aromatic carbocycles. The second-order valence-corrected chi connectivity index (χ2v) is 3.92. The summed E-state index contributed by atoms with van der Waals surface area (Å²) in [6.45, 7) is -0.373. The first-order chi connectivity index (χ1) is 9.54. The van der Waals surface area contributed by atoms with Crippen LogP contribution in [0.25, 0.3) is 0 Å². The fourth-order valence-corrected chi connectivity index (χ4v) is 1.48. The third kappa shape index (κ3) is 3.74. The number of halogens is 3. The lowest BCUT2D eigenvalue weighted by Gasteiger charge is -2.07. The van der Waals surface area contributed by atoms with Crippen LogP contribution >= 0.6 is 0 Å². The van der Waals surface area contributed by atoms with Gasteiger partial charge in [-0.1, -0.05) is 6.07 Å². The molecule has 0 bridgehead atoms. The number of amides is 1. The van der Waals surface area contributed by atoms with Crippen LogP contribution in [0.4, 0.5) is 18.9 Å². The van der Waals surface area contributed by atoms with E-state index in [1.165, 1.54) is 24.3 Å². The molecule has 0 saturated heterocycles. The maximum Gasteiger partial charge on any atom is 0.262 e. The number of nitrogens with one attached hydrogen (secondary N) is 1. The minimum absolute atomic E-state index is 0.108. The van der Waals surface area contributed by atoms with Gasteiger partial charge in [-0.3, -0.25) is 4.79 Å². The molecule has 0 aliphatic heterocycles. The summed E-state index contributed by atoms with van der Waals surface area (Å²) in [5.41, 5.74) is 0.108. The molecule has 1 N–H and O–H groups in total. The molecule has 20 heavy (non-hydrogen) atoms. The van der Waals surface area contributed by atoms with Gasteiger partial charge in [0.1, 0.15) is 11.6 Å². The van der Waals surface area contributed by atoms with Gasteiger partial charge in [0.05, 0.1) is 0 Å². The molecule has 0 atom stereocenters. The van der Waals surface area contributed by atoms with Gasteiger partial charge in [0.15, 0.2) is 18.2 Å². The Kier molecular flexibility index (Phi) is 4.24. The maximum absolute atomic E-state index is 12.9. The Labute approximate surface area is 113 Å². The highest BCUT2D eigenvalue weighted by Crippen LogP contribution is 2.14. The summed E-state index contributed by atoms with van der Waals surface area (Å²) < 4.78 is 43.5. The SMILES string of the molecule is O=C(COc1cccc(F)c1)Nc1ccc(F)c(F)c1. The molecule has 0 heterocycles. The van der Waals surface area contributed by atoms with Crippen molar-refractivity contribution in [3.8, 4) is 5.75 Å². The van der Waals surface area contributed by atoms with Crippen molar-refractivity contribution >= 4 is 11.6 Å². The lowest BCUT2D eigenvalue weighted by atomic mass is 10.3. The van der Waals surface area contributed by atoms with Crippen LogP contribution in [0.2, 0.25) is 0 Å². The molecule has 104 valence electrons. The van der Waals surface area contributed by atoms with Crippen molar-refractivity contribution in [3.05, 3.63) is 59.9 Å². The Balaban J connectivity index is 1.91. The zero-order valence-electron chi connectivity index (χ0n) is 10.2. The molecule has 0 aromatic heterocycles. The first-order valence-corrected chi connectivity index (χ1v) is 5.68. The number of rotatable bonds is 4. The standard InChI is InChI=1S/C14H10F3NO2/c15-9-2-1-3-11(6-9)20-8-14(19)18-10-4-5-12(16)13(17)7-10/h1-7H,8H2,(H,18,19). The average molecular weight is 281 g/mol. The van der Waals surface area contributed by atoms with Crippen LogP contribution in [0.3, 0.4) is 0 Å². The Morgan fingerprint density at radius 1 is 1.05 bits per heavy atom. The Morgan fingerprint density at radius 3 is 2.55 bits per heavy atom. The van der Waals surface area contributed by atoms with Crippen LogP contribution in [-0.4, -0.2) is 12.5 Å². The minimum atomic E-state index is -1.06. The van der Waals surface area contributed by atoms with Gasteiger partial charge in [-0.25, -0.2) is 13.2 Å². The second-order valence-electron chi connectivity index (χ2n) is 3.92. The van der Waals surface area contributed by atoms with Crippen molar-refractivity contribution in [2.45, 2.75) is 0 Å². The third-order valence-corrected chi connectivity index (χ3v) is 2.37. The Bertz CT molecular complexity index is 632. The number of benzene rings is 2. The van der Waals surface area contributed by atoms with E-state index < -0.39 is 23.4 Å². The normalized spacial score (nSPS) is 10.2. The molecule has 2 rings (SSSR count). The topological polar surface area (TPSA) is 38.3 Å². The van der Waals surface area contributed by atoms with Gasteiger partial charge in [-0.15, -0.1) is 0 Å². The smallest absolute Gasteiger partial charge is 0.262 e. The van der Waals surface area contributed by atoms with E-state index in [-0.39, 0.29) is 18.0 Å². The zero-order chi connectivity index (χ0) is 14.5. The van der Waals surface area contributed by atoms with Crippen molar-refractivity contribution in [2.24, 2.45) is 0 Å². The van der Waals surface area contributed by atoms with E-state index in [2.05, 4.69) is 5.32 Å². The molecular weight excluding hydrogens is 271 g/mol. The fourth-order valence-electron chi connectivity index (χ4n) is 1.48. The number of anilines is 1. The summed E-state index contributed by atoms with van der Waals surface area (Å²) in [6.07, 6.45) is 0. The first kappa shape index (κ1) is 13.9. The van der Waals surface area contributed by atoms with E-state index >= 15 is 0 Å². The van der Waals surface area contributed by atoms with Gasteiger partial charge >= 0.3 is 0 Å². The van der Waals surface area contributed by atoms with Crippen LogP contribution in [0.1, 0.15) is 0 Å². The number of ether oxygens (including phenoxy) is 1. The quantitative estimate of drug-likeness (QED) is 0.935. The average Bonchev–Trinajstić information content (AvgIpc) is 2.41. The Hall–Kier alpha value is -2.50. The zero-order valence-corrected chi connectivity index (χ0v) is 10.2. The molecule has 0 fully saturated rings. The molecule has 0 spiro atoms. The van der Waals surface area contributed by atoms with E-state index in [4.69, 9.17) is 4.74 Å². The number of carbonyl (C=O) groups excluding carboxylic acids is 1. The summed E-state index contributed by atoms with van der Waals surface area (Å²) in [6, 6.07) is 8.29. The molecule has 1 amide bonds. The molecule has 0 aliphatic carbocycles. The largest absolute Gasteiger partial charge is 0.484 e. The third-order valence-electron chi connectivity index (χ3n) is 2.37. The molecule has 0 unspecified atom stereocenters. The van der Waals surface area contributed by atoms with Gasteiger partial charge in [0.25, 0.3) is 5.91 Å². The summed E-state index contributed by atoms with van der Waals surface area (Å²) in [4.78, 5) is 11.5. The highest BCUT2D eigenvalue weighted by atomic mass is 19.2. The van der Waals surface area contributed by atoms with Crippen molar-refractivity contribution in [1.82, 2.24) is 0 Å². The lowest BCUT2D eigenvalue weighted by molar-refractivity contribution is -0.118.